The molecule has 1 aromatic rings. The van der Waals surface area contributed by atoms with E-state index in [-0.39, 0.29) is 5.78 Å². The van der Waals surface area contributed by atoms with E-state index in [2.05, 4.69) is 17.8 Å². The van der Waals surface area contributed by atoms with Crippen molar-refractivity contribution < 1.29 is 4.79 Å². The van der Waals surface area contributed by atoms with Crippen LogP contribution in [0.2, 0.25) is 19.1 Å². The van der Waals surface area contributed by atoms with Gasteiger partial charge in [-0.25, -0.2) is 0 Å². The van der Waals surface area contributed by atoms with Crippen LogP contribution in [-0.2, 0) is 11.2 Å². The monoisotopic (exact) mass is 302 g/mol. The van der Waals surface area contributed by atoms with Crippen molar-refractivity contribution in [1.82, 2.24) is 4.67 Å². The first kappa shape index (κ1) is 16.0. The van der Waals surface area contributed by atoms with E-state index < -0.39 is 8.24 Å². The van der Waals surface area contributed by atoms with E-state index in [4.69, 9.17) is 5.10 Å². The summed E-state index contributed by atoms with van der Waals surface area (Å²) in [5, 5.41) is 4.76. The van der Waals surface area contributed by atoms with Gasteiger partial charge in [-0.1, -0.05) is 49.8 Å². The van der Waals surface area contributed by atoms with Gasteiger partial charge in [0.15, 0.2) is 8.24 Å². The average molecular weight is 302 g/mol. The quantitative estimate of drug-likeness (QED) is 0.611. The van der Waals surface area contributed by atoms with Crippen LogP contribution in [0.15, 0.2) is 35.4 Å². The van der Waals surface area contributed by atoms with Crippen LogP contribution < -0.4 is 0 Å². The van der Waals surface area contributed by atoms with Gasteiger partial charge < -0.3 is 4.67 Å². The molecule has 0 spiro atoms. The van der Waals surface area contributed by atoms with Gasteiger partial charge in [0.2, 0.25) is 0 Å². The third-order valence-corrected chi connectivity index (χ3v) is 7.39. The Morgan fingerprint density at radius 1 is 1.24 bits per heavy atom. The van der Waals surface area contributed by atoms with Gasteiger partial charge in [-0.05, 0) is 25.0 Å². The third kappa shape index (κ3) is 4.81. The topological polar surface area (TPSA) is 32.7 Å². The molecule has 0 unspecified atom stereocenters. The molecule has 1 aromatic carbocycles. The molecule has 1 aliphatic rings. The lowest BCUT2D eigenvalue weighted by Crippen LogP contribution is -2.48. The maximum atomic E-state index is 12.1. The Bertz CT molecular complexity index is 511. The first-order chi connectivity index (χ1) is 9.97. The molecule has 4 heteroatoms. The number of nitrogens with zero attached hydrogens (tertiary/aromatic N) is 2. The molecule has 0 aromatic heterocycles. The zero-order chi connectivity index (χ0) is 15.3. The van der Waals surface area contributed by atoms with Crippen molar-refractivity contribution >= 4 is 19.7 Å². The predicted octanol–water partition coefficient (Wildman–Crippen LogP) is 3.87. The highest BCUT2D eigenvalue weighted by Gasteiger charge is 2.31. The molecule has 114 valence electrons. The number of hydrogen-bond acceptors (Lipinski definition) is 3. The van der Waals surface area contributed by atoms with Crippen molar-refractivity contribution in [3.63, 3.8) is 0 Å². The Balaban J connectivity index is 1.92. The molecule has 1 heterocycles. The number of benzene rings is 1. The van der Waals surface area contributed by atoms with Crippen molar-refractivity contribution in [2.75, 3.05) is 6.54 Å². The van der Waals surface area contributed by atoms with Gasteiger partial charge in [-0.3, -0.25) is 4.79 Å². The summed E-state index contributed by atoms with van der Waals surface area (Å²) in [6.07, 6.45) is 3.53. The lowest BCUT2D eigenvalue weighted by atomic mass is 10.1. The van der Waals surface area contributed by atoms with Crippen molar-refractivity contribution in [1.29, 1.82) is 0 Å². The van der Waals surface area contributed by atoms with E-state index in [0.29, 0.717) is 12.8 Å². The van der Waals surface area contributed by atoms with Crippen LogP contribution in [0.25, 0.3) is 0 Å². The minimum atomic E-state index is -1.37. The normalized spacial score (nSPS) is 18.6. The van der Waals surface area contributed by atoms with Gasteiger partial charge in [0.1, 0.15) is 5.78 Å². The highest BCUT2D eigenvalue weighted by Crippen LogP contribution is 2.25. The van der Waals surface area contributed by atoms with Gasteiger partial charge in [0, 0.05) is 25.1 Å². The van der Waals surface area contributed by atoms with E-state index in [1.165, 1.54) is 18.9 Å². The van der Waals surface area contributed by atoms with Crippen LogP contribution in [-0.4, -0.2) is 30.9 Å². The van der Waals surface area contributed by atoms with E-state index in [1.807, 2.05) is 37.3 Å². The summed E-state index contributed by atoms with van der Waals surface area (Å²) < 4.78 is 2.31. The van der Waals surface area contributed by atoms with E-state index >= 15 is 0 Å². The Morgan fingerprint density at radius 2 is 1.95 bits per heavy atom. The summed E-state index contributed by atoms with van der Waals surface area (Å²) in [7, 11) is -1.37. The fourth-order valence-corrected chi connectivity index (χ4v) is 5.43. The summed E-state index contributed by atoms with van der Waals surface area (Å²) >= 11 is 0. The molecule has 1 saturated heterocycles. The summed E-state index contributed by atoms with van der Waals surface area (Å²) in [6.45, 7) is 7.79. The minimum Gasteiger partial charge on any atom is -0.324 e. The average Bonchev–Trinajstić information content (AvgIpc) is 2.42. The lowest BCUT2D eigenvalue weighted by Gasteiger charge is -2.39. The molecule has 0 amide bonds. The maximum Gasteiger partial charge on any atom is 0.172 e. The third-order valence-electron chi connectivity index (χ3n) is 4.10. The van der Waals surface area contributed by atoms with Crippen LogP contribution in [0.3, 0.4) is 0 Å². The standard InChI is InChI=1S/C17H26N2OSi/c1-15(18-19-11-7-8-12-21(19,2)3)13-17(20)14-16-9-5-4-6-10-16/h4-6,9-10H,7-8,11-14H2,1-3H3. The van der Waals surface area contributed by atoms with Crippen LogP contribution in [0, 0.1) is 0 Å². The number of hydrazone groups is 1. The van der Waals surface area contributed by atoms with Gasteiger partial charge in [-0.2, -0.15) is 5.10 Å². The Labute approximate surface area is 129 Å². The number of Topliss-reactive ketones (excluding diaryl/α,β-unsaturated/α-hetero) is 1. The molecule has 3 nitrogen and oxygen atoms in total. The van der Waals surface area contributed by atoms with Crippen LogP contribution in [0.4, 0.5) is 0 Å². The molecule has 1 fully saturated rings. The van der Waals surface area contributed by atoms with Crippen molar-refractivity contribution in [3.05, 3.63) is 35.9 Å². The fraction of sp³-hybridized carbons (Fsp3) is 0.529. The first-order valence-corrected chi connectivity index (χ1v) is 11.0. The molecule has 0 N–H and O–H groups in total. The minimum absolute atomic E-state index is 0.249. The Hall–Kier alpha value is -1.42. The highest BCUT2D eigenvalue weighted by molar-refractivity contribution is 6.74. The largest absolute Gasteiger partial charge is 0.324 e. The maximum absolute atomic E-state index is 12.1. The second kappa shape index (κ2) is 7.03. The molecule has 2 rings (SSSR count). The number of carbonyl (C=O) groups is 1. The highest BCUT2D eigenvalue weighted by atomic mass is 28.3. The number of hydrogen-bond donors (Lipinski definition) is 0. The van der Waals surface area contributed by atoms with Crippen LogP contribution in [0.1, 0.15) is 31.7 Å². The van der Waals surface area contributed by atoms with E-state index in [0.717, 1.165) is 17.8 Å². The summed E-state index contributed by atoms with van der Waals surface area (Å²) in [6, 6.07) is 11.2. The molecule has 0 aliphatic carbocycles. The predicted molar refractivity (Wildman–Crippen MR) is 91.1 cm³/mol. The first-order valence-electron chi connectivity index (χ1n) is 7.85. The van der Waals surface area contributed by atoms with E-state index in [9.17, 15) is 4.79 Å². The molecule has 1 aliphatic heterocycles. The number of ketones is 1. The Kier molecular flexibility index (Phi) is 5.34. The van der Waals surface area contributed by atoms with Gasteiger partial charge in [0.05, 0.1) is 0 Å². The van der Waals surface area contributed by atoms with Crippen molar-refractivity contribution in [2.45, 2.75) is 51.7 Å². The molecular formula is C17H26N2OSi. The molecule has 0 saturated carbocycles. The number of rotatable bonds is 5. The van der Waals surface area contributed by atoms with Crippen LogP contribution >= 0.6 is 0 Å². The van der Waals surface area contributed by atoms with Crippen molar-refractivity contribution in [3.8, 4) is 0 Å². The van der Waals surface area contributed by atoms with E-state index in [1.54, 1.807) is 0 Å². The molecule has 0 bridgehead atoms. The molecule has 0 radical (unpaired) electrons. The molecule has 0 atom stereocenters. The zero-order valence-electron chi connectivity index (χ0n) is 13.4. The summed E-state index contributed by atoms with van der Waals surface area (Å²) in [5.41, 5.74) is 2.04. The molecule has 21 heavy (non-hydrogen) atoms. The summed E-state index contributed by atoms with van der Waals surface area (Å²) in [4.78, 5) is 12.1. The van der Waals surface area contributed by atoms with Gasteiger partial charge in [-0.15, -0.1) is 0 Å². The Morgan fingerprint density at radius 3 is 2.62 bits per heavy atom. The number of carbonyl (C=O) groups excluding carboxylic acids is 1. The molecular weight excluding hydrogens is 276 g/mol. The van der Waals surface area contributed by atoms with Gasteiger partial charge in [0.25, 0.3) is 0 Å². The SMILES string of the molecule is CC(CC(=O)Cc1ccccc1)=NN1CCCC[Si]1(C)C. The smallest absolute Gasteiger partial charge is 0.172 e. The zero-order valence-corrected chi connectivity index (χ0v) is 14.4. The fourth-order valence-electron chi connectivity index (χ4n) is 2.85. The summed E-state index contributed by atoms with van der Waals surface area (Å²) in [5.74, 6) is 0.249. The van der Waals surface area contributed by atoms with Gasteiger partial charge >= 0.3 is 0 Å². The second-order valence-electron chi connectivity index (χ2n) is 6.61. The van der Waals surface area contributed by atoms with Crippen LogP contribution in [0.5, 0.6) is 0 Å². The lowest BCUT2D eigenvalue weighted by molar-refractivity contribution is -0.117. The van der Waals surface area contributed by atoms with Crippen molar-refractivity contribution in [2.24, 2.45) is 5.10 Å². The second-order valence-corrected chi connectivity index (χ2v) is 11.2.